The van der Waals surface area contributed by atoms with E-state index < -0.39 is 0 Å². The minimum Gasteiger partial charge on any atom is -0.416 e. The fourth-order valence-electron chi connectivity index (χ4n) is 3.19. The van der Waals surface area contributed by atoms with E-state index in [0.717, 1.165) is 16.7 Å². The smallest absolute Gasteiger partial charge is 0.254 e. The molecule has 0 fully saturated rings. The van der Waals surface area contributed by atoms with Gasteiger partial charge in [0.05, 0.1) is 6.54 Å². The number of nitrogens with zero attached hydrogens (tertiary/aromatic N) is 4. The highest BCUT2D eigenvalue weighted by molar-refractivity contribution is 5.96. The summed E-state index contributed by atoms with van der Waals surface area (Å²) in [6.45, 7) is 7.13. The van der Waals surface area contributed by atoms with Crippen molar-refractivity contribution in [2.24, 2.45) is 0 Å². The standard InChI is InChI=1S/C23H26N4O3/c1-5-27(6-2)20(28)15-26(4)23(29)18-13-11-17(12-14-18)21-24-25-22(30-21)19-10-8-7-9-16(19)3/h7-14H,5-6,15H2,1-4H3. The molecule has 0 bridgehead atoms. The molecular formula is C23H26N4O3. The molecule has 30 heavy (non-hydrogen) atoms. The third-order valence-corrected chi connectivity index (χ3v) is 5.01. The summed E-state index contributed by atoms with van der Waals surface area (Å²) in [5.41, 5.74) is 3.16. The predicted molar refractivity (Wildman–Crippen MR) is 115 cm³/mol. The molecule has 7 nitrogen and oxygen atoms in total. The van der Waals surface area contributed by atoms with Crippen LogP contribution in [-0.4, -0.2) is 58.5 Å². The van der Waals surface area contributed by atoms with Gasteiger partial charge in [-0.05, 0) is 56.7 Å². The maximum atomic E-state index is 12.7. The van der Waals surface area contributed by atoms with Gasteiger partial charge in [-0.1, -0.05) is 18.2 Å². The fraction of sp³-hybridized carbons (Fsp3) is 0.304. The molecule has 0 saturated carbocycles. The minimum absolute atomic E-state index is 0.0473. The Bertz CT molecular complexity index is 1020. The number of carbonyl (C=O) groups is 2. The molecule has 0 N–H and O–H groups in total. The van der Waals surface area contributed by atoms with E-state index in [1.165, 1.54) is 4.90 Å². The zero-order valence-corrected chi connectivity index (χ0v) is 17.8. The van der Waals surface area contributed by atoms with E-state index in [2.05, 4.69) is 10.2 Å². The molecule has 3 rings (SSSR count). The van der Waals surface area contributed by atoms with Crippen molar-refractivity contribution < 1.29 is 14.0 Å². The summed E-state index contributed by atoms with van der Waals surface area (Å²) in [6.07, 6.45) is 0. The quantitative estimate of drug-likeness (QED) is 0.598. The Labute approximate surface area is 176 Å². The lowest BCUT2D eigenvalue weighted by Crippen LogP contribution is -2.41. The summed E-state index contributed by atoms with van der Waals surface area (Å²) >= 11 is 0. The van der Waals surface area contributed by atoms with Crippen molar-refractivity contribution >= 4 is 11.8 Å². The van der Waals surface area contributed by atoms with E-state index in [1.807, 2.05) is 45.0 Å². The van der Waals surface area contributed by atoms with E-state index in [1.54, 1.807) is 36.2 Å². The normalized spacial score (nSPS) is 10.7. The zero-order valence-electron chi connectivity index (χ0n) is 17.8. The zero-order chi connectivity index (χ0) is 21.7. The number of hydrogen-bond acceptors (Lipinski definition) is 5. The monoisotopic (exact) mass is 406 g/mol. The molecule has 0 aliphatic rings. The van der Waals surface area contributed by atoms with Crippen LogP contribution in [0, 0.1) is 6.92 Å². The number of aromatic nitrogens is 2. The number of aryl methyl sites for hydroxylation is 1. The number of amides is 2. The topological polar surface area (TPSA) is 79.5 Å². The highest BCUT2D eigenvalue weighted by Gasteiger charge is 2.18. The maximum absolute atomic E-state index is 12.7. The van der Waals surface area contributed by atoms with Gasteiger partial charge in [-0.25, -0.2) is 0 Å². The molecule has 2 amide bonds. The fourth-order valence-corrected chi connectivity index (χ4v) is 3.19. The Morgan fingerprint density at radius 1 is 0.933 bits per heavy atom. The molecular weight excluding hydrogens is 380 g/mol. The van der Waals surface area contributed by atoms with Crippen LogP contribution in [0.15, 0.2) is 52.9 Å². The second kappa shape index (κ2) is 9.35. The van der Waals surface area contributed by atoms with Crippen molar-refractivity contribution in [2.75, 3.05) is 26.7 Å². The molecule has 0 aliphatic carbocycles. The van der Waals surface area contributed by atoms with Crippen LogP contribution in [0.25, 0.3) is 22.9 Å². The van der Waals surface area contributed by atoms with Crippen molar-refractivity contribution in [3.63, 3.8) is 0 Å². The highest BCUT2D eigenvalue weighted by atomic mass is 16.4. The lowest BCUT2D eigenvalue weighted by Gasteiger charge is -2.23. The van der Waals surface area contributed by atoms with E-state index in [0.29, 0.717) is 30.4 Å². The Kier molecular flexibility index (Phi) is 6.61. The average molecular weight is 406 g/mol. The van der Waals surface area contributed by atoms with Gasteiger partial charge in [0.25, 0.3) is 5.91 Å². The van der Waals surface area contributed by atoms with Gasteiger partial charge in [-0.3, -0.25) is 9.59 Å². The van der Waals surface area contributed by atoms with Crippen LogP contribution in [0.3, 0.4) is 0 Å². The number of rotatable bonds is 7. The van der Waals surface area contributed by atoms with Crippen LogP contribution in [0.5, 0.6) is 0 Å². The van der Waals surface area contributed by atoms with Crippen molar-refractivity contribution in [3.8, 4) is 22.9 Å². The summed E-state index contributed by atoms with van der Waals surface area (Å²) in [6, 6.07) is 14.7. The first kappa shape index (κ1) is 21.2. The van der Waals surface area contributed by atoms with Gasteiger partial charge in [0.15, 0.2) is 0 Å². The van der Waals surface area contributed by atoms with E-state index in [4.69, 9.17) is 4.42 Å². The molecule has 0 aliphatic heterocycles. The first-order valence-corrected chi connectivity index (χ1v) is 9.97. The summed E-state index contributed by atoms with van der Waals surface area (Å²) in [7, 11) is 1.63. The first-order chi connectivity index (χ1) is 14.4. The van der Waals surface area contributed by atoms with Crippen LogP contribution in [0.4, 0.5) is 0 Å². The molecule has 3 aromatic rings. The Balaban J connectivity index is 1.71. The summed E-state index contributed by atoms with van der Waals surface area (Å²) in [5, 5.41) is 8.27. The molecule has 7 heteroatoms. The molecule has 156 valence electrons. The van der Waals surface area contributed by atoms with Crippen LogP contribution in [-0.2, 0) is 4.79 Å². The lowest BCUT2D eigenvalue weighted by molar-refractivity contribution is -0.131. The summed E-state index contributed by atoms with van der Waals surface area (Å²) in [4.78, 5) is 28.0. The van der Waals surface area contributed by atoms with Crippen molar-refractivity contribution in [3.05, 3.63) is 59.7 Å². The van der Waals surface area contributed by atoms with Gasteiger partial charge in [0.2, 0.25) is 17.7 Å². The third kappa shape index (κ3) is 4.56. The average Bonchev–Trinajstić information content (AvgIpc) is 3.24. The summed E-state index contributed by atoms with van der Waals surface area (Å²) < 4.78 is 5.82. The third-order valence-electron chi connectivity index (χ3n) is 5.01. The van der Waals surface area contributed by atoms with Gasteiger partial charge >= 0.3 is 0 Å². The van der Waals surface area contributed by atoms with Gasteiger partial charge in [0, 0.05) is 36.8 Å². The molecule has 1 heterocycles. The van der Waals surface area contributed by atoms with Crippen LogP contribution >= 0.6 is 0 Å². The van der Waals surface area contributed by atoms with Gasteiger partial charge in [0.1, 0.15) is 0 Å². The molecule has 1 aromatic heterocycles. The maximum Gasteiger partial charge on any atom is 0.254 e. The minimum atomic E-state index is -0.215. The Morgan fingerprint density at radius 3 is 2.20 bits per heavy atom. The summed E-state index contributed by atoms with van der Waals surface area (Å²) in [5.74, 6) is 0.561. The predicted octanol–water partition coefficient (Wildman–Crippen LogP) is 3.65. The highest BCUT2D eigenvalue weighted by Crippen LogP contribution is 2.26. The second-order valence-corrected chi connectivity index (χ2v) is 7.03. The lowest BCUT2D eigenvalue weighted by atomic mass is 10.1. The van der Waals surface area contributed by atoms with Gasteiger partial charge in [-0.15, -0.1) is 10.2 Å². The number of benzene rings is 2. The Morgan fingerprint density at radius 2 is 1.57 bits per heavy atom. The number of likely N-dealkylation sites (N-methyl/N-ethyl adjacent to an activating group) is 2. The van der Waals surface area contributed by atoms with Crippen LogP contribution in [0.2, 0.25) is 0 Å². The van der Waals surface area contributed by atoms with E-state index in [-0.39, 0.29) is 18.4 Å². The number of carbonyl (C=O) groups excluding carboxylic acids is 2. The molecule has 0 spiro atoms. The SMILES string of the molecule is CCN(CC)C(=O)CN(C)C(=O)c1ccc(-c2nnc(-c3ccccc3C)o2)cc1. The van der Waals surface area contributed by atoms with Crippen molar-refractivity contribution in [1.82, 2.24) is 20.0 Å². The molecule has 2 aromatic carbocycles. The molecule has 0 radical (unpaired) electrons. The first-order valence-electron chi connectivity index (χ1n) is 9.97. The van der Waals surface area contributed by atoms with Crippen molar-refractivity contribution in [2.45, 2.75) is 20.8 Å². The molecule has 0 saturated heterocycles. The second-order valence-electron chi connectivity index (χ2n) is 7.03. The number of hydrogen-bond donors (Lipinski definition) is 0. The van der Waals surface area contributed by atoms with E-state index >= 15 is 0 Å². The molecule has 0 atom stereocenters. The van der Waals surface area contributed by atoms with Gasteiger partial charge in [-0.2, -0.15) is 0 Å². The Hall–Kier alpha value is -3.48. The largest absolute Gasteiger partial charge is 0.416 e. The molecule has 0 unspecified atom stereocenters. The van der Waals surface area contributed by atoms with Crippen LogP contribution in [0.1, 0.15) is 29.8 Å². The van der Waals surface area contributed by atoms with Crippen molar-refractivity contribution in [1.29, 1.82) is 0 Å². The van der Waals surface area contributed by atoms with Crippen LogP contribution < -0.4 is 0 Å². The van der Waals surface area contributed by atoms with Gasteiger partial charge < -0.3 is 14.2 Å². The van der Waals surface area contributed by atoms with E-state index in [9.17, 15) is 9.59 Å².